The first-order chi connectivity index (χ1) is 9.15. The van der Waals surface area contributed by atoms with E-state index in [0.717, 1.165) is 0 Å². The molecule has 10 heteroatoms. The molecule has 0 radical (unpaired) electrons. The van der Waals surface area contributed by atoms with Gasteiger partial charge in [0.2, 0.25) is 0 Å². The number of aromatic nitrogens is 6. The number of amides is 1. The average molecular weight is 323 g/mol. The highest BCUT2D eigenvalue weighted by molar-refractivity contribution is 9.10. The molecule has 0 aromatic carbocycles. The number of nitrogens with two attached hydrogens (primary N) is 1. The first-order valence-electron chi connectivity index (χ1n) is 5.12. The summed E-state index contributed by atoms with van der Waals surface area (Å²) in [6.45, 7) is 0. The van der Waals surface area contributed by atoms with E-state index in [2.05, 4.69) is 51.6 Å². The molecule has 0 saturated carbocycles. The molecule has 0 saturated heterocycles. The lowest BCUT2D eigenvalue weighted by Crippen LogP contribution is -2.13. The van der Waals surface area contributed by atoms with Gasteiger partial charge in [-0.1, -0.05) is 0 Å². The third-order valence-corrected chi connectivity index (χ3v) is 2.80. The fourth-order valence-electron chi connectivity index (χ4n) is 1.58. The fourth-order valence-corrected chi connectivity index (χ4v) is 1.89. The Morgan fingerprint density at radius 2 is 2.16 bits per heavy atom. The van der Waals surface area contributed by atoms with E-state index in [-0.39, 0.29) is 11.5 Å². The lowest BCUT2D eigenvalue weighted by atomic mass is 10.2. The molecule has 3 aromatic heterocycles. The zero-order valence-corrected chi connectivity index (χ0v) is 10.9. The van der Waals surface area contributed by atoms with E-state index in [1.807, 2.05) is 0 Å². The molecule has 19 heavy (non-hydrogen) atoms. The summed E-state index contributed by atoms with van der Waals surface area (Å²) in [4.78, 5) is 19.8. The first-order valence-corrected chi connectivity index (χ1v) is 5.91. The van der Waals surface area contributed by atoms with Crippen molar-refractivity contribution in [3.63, 3.8) is 0 Å². The summed E-state index contributed by atoms with van der Waals surface area (Å²) in [7, 11) is 0. The van der Waals surface area contributed by atoms with Crippen LogP contribution in [0.25, 0.3) is 11.0 Å². The van der Waals surface area contributed by atoms with Gasteiger partial charge in [-0.15, -0.1) is 0 Å². The maximum Gasteiger partial charge on any atom is 0.275 e. The lowest BCUT2D eigenvalue weighted by Gasteiger charge is -2.00. The number of H-pyrrole nitrogens is 2. The van der Waals surface area contributed by atoms with Crippen LogP contribution in [0, 0.1) is 0 Å². The van der Waals surface area contributed by atoms with Crippen molar-refractivity contribution in [3.05, 3.63) is 22.7 Å². The van der Waals surface area contributed by atoms with Crippen LogP contribution < -0.4 is 11.1 Å². The van der Waals surface area contributed by atoms with Crippen LogP contribution in [0.3, 0.4) is 0 Å². The summed E-state index contributed by atoms with van der Waals surface area (Å²) >= 11 is 3.19. The van der Waals surface area contributed by atoms with Crippen molar-refractivity contribution in [1.82, 2.24) is 30.4 Å². The predicted octanol–water partition coefficient (Wildman–Crippen LogP) is 0.673. The van der Waals surface area contributed by atoms with Gasteiger partial charge >= 0.3 is 0 Å². The quantitative estimate of drug-likeness (QED) is 0.547. The van der Waals surface area contributed by atoms with Crippen LogP contribution in [0.15, 0.2) is 17.0 Å². The number of anilines is 2. The van der Waals surface area contributed by atoms with Crippen molar-refractivity contribution in [3.8, 4) is 0 Å². The number of aromatic amines is 2. The van der Waals surface area contributed by atoms with Gasteiger partial charge in [0.25, 0.3) is 5.91 Å². The molecule has 3 heterocycles. The van der Waals surface area contributed by atoms with Gasteiger partial charge in [-0.25, -0.2) is 9.97 Å². The zero-order chi connectivity index (χ0) is 13.4. The molecule has 3 aromatic rings. The lowest BCUT2D eigenvalue weighted by molar-refractivity contribution is 0.102. The van der Waals surface area contributed by atoms with Crippen LogP contribution in [-0.4, -0.2) is 36.3 Å². The van der Waals surface area contributed by atoms with Crippen molar-refractivity contribution in [2.45, 2.75) is 0 Å². The largest absolute Gasteiger partial charge is 0.383 e. The second-order valence-corrected chi connectivity index (χ2v) is 4.47. The molecule has 0 bridgehead atoms. The number of hydrogen-bond acceptors (Lipinski definition) is 6. The summed E-state index contributed by atoms with van der Waals surface area (Å²) in [5.74, 6) is 0.130. The van der Waals surface area contributed by atoms with Gasteiger partial charge in [0, 0.05) is 6.07 Å². The minimum absolute atomic E-state index is 0.187. The van der Waals surface area contributed by atoms with Gasteiger partial charge < -0.3 is 11.1 Å². The zero-order valence-electron chi connectivity index (χ0n) is 9.31. The molecule has 0 spiro atoms. The summed E-state index contributed by atoms with van der Waals surface area (Å²) in [6.07, 6.45) is 1.28. The number of carbonyl (C=O) groups excluding carboxylic acids is 1. The molecule has 0 unspecified atom stereocenters. The topological polar surface area (TPSA) is 138 Å². The third-order valence-electron chi connectivity index (χ3n) is 2.40. The third kappa shape index (κ3) is 2.01. The number of fused-ring (bicyclic) bond motifs is 1. The Labute approximate surface area is 114 Å². The average Bonchev–Trinajstić information content (AvgIpc) is 2.96. The smallest absolute Gasteiger partial charge is 0.275 e. The van der Waals surface area contributed by atoms with Gasteiger partial charge in [-0.05, 0) is 15.9 Å². The van der Waals surface area contributed by atoms with E-state index in [0.29, 0.717) is 21.5 Å². The van der Waals surface area contributed by atoms with E-state index < -0.39 is 5.91 Å². The molecule has 3 rings (SSSR count). The second kappa shape index (κ2) is 4.31. The number of carbonyl (C=O) groups is 1. The highest BCUT2D eigenvalue weighted by atomic mass is 79.9. The summed E-state index contributed by atoms with van der Waals surface area (Å²) in [5, 5.41) is 16.0. The second-order valence-electron chi connectivity index (χ2n) is 3.61. The van der Waals surface area contributed by atoms with Crippen LogP contribution >= 0.6 is 15.9 Å². The molecular weight excluding hydrogens is 316 g/mol. The van der Waals surface area contributed by atoms with E-state index in [1.165, 1.54) is 6.33 Å². The van der Waals surface area contributed by atoms with Gasteiger partial charge in [0.05, 0.1) is 5.39 Å². The van der Waals surface area contributed by atoms with Gasteiger partial charge in [0.1, 0.15) is 22.4 Å². The highest BCUT2D eigenvalue weighted by Crippen LogP contribution is 2.20. The predicted molar refractivity (Wildman–Crippen MR) is 70.3 cm³/mol. The first kappa shape index (κ1) is 11.6. The Bertz CT molecular complexity index is 763. The van der Waals surface area contributed by atoms with Gasteiger partial charge in [-0.3, -0.25) is 15.0 Å². The number of nitrogens with one attached hydrogen (secondary N) is 3. The number of hydrogen-bond donors (Lipinski definition) is 4. The Morgan fingerprint density at radius 3 is 2.89 bits per heavy atom. The Balaban J connectivity index is 1.98. The summed E-state index contributed by atoms with van der Waals surface area (Å²) < 4.78 is 0.653. The SMILES string of the molecule is Nc1ncnc2n[nH]c(C(=O)Nc3cc(Br)[nH]n3)c12. The van der Waals surface area contributed by atoms with Gasteiger partial charge in [-0.2, -0.15) is 10.2 Å². The molecule has 96 valence electrons. The van der Waals surface area contributed by atoms with Crippen molar-refractivity contribution >= 4 is 44.5 Å². The van der Waals surface area contributed by atoms with E-state index in [9.17, 15) is 4.79 Å². The van der Waals surface area contributed by atoms with Crippen molar-refractivity contribution in [2.75, 3.05) is 11.1 Å². The van der Waals surface area contributed by atoms with Crippen LogP contribution in [0.2, 0.25) is 0 Å². The molecular formula is C9H7BrN8O. The van der Waals surface area contributed by atoms with E-state index in [4.69, 9.17) is 5.73 Å². The maximum atomic E-state index is 12.1. The Kier molecular flexibility index (Phi) is 2.63. The molecule has 0 atom stereocenters. The van der Waals surface area contributed by atoms with Crippen LogP contribution in [0.5, 0.6) is 0 Å². The molecule has 0 aliphatic rings. The Morgan fingerprint density at radius 1 is 1.32 bits per heavy atom. The number of nitrogens with zero attached hydrogens (tertiary/aromatic N) is 4. The molecule has 9 nitrogen and oxygen atoms in total. The minimum atomic E-state index is -0.428. The van der Waals surface area contributed by atoms with Crippen LogP contribution in [-0.2, 0) is 0 Å². The molecule has 5 N–H and O–H groups in total. The van der Waals surface area contributed by atoms with Crippen molar-refractivity contribution < 1.29 is 4.79 Å². The van der Waals surface area contributed by atoms with E-state index in [1.54, 1.807) is 6.07 Å². The fraction of sp³-hybridized carbons (Fsp3) is 0. The summed E-state index contributed by atoms with van der Waals surface area (Å²) in [6, 6.07) is 1.62. The van der Waals surface area contributed by atoms with Crippen molar-refractivity contribution in [1.29, 1.82) is 0 Å². The molecule has 1 amide bonds. The normalized spacial score (nSPS) is 10.8. The minimum Gasteiger partial charge on any atom is -0.383 e. The van der Waals surface area contributed by atoms with Crippen LogP contribution in [0.1, 0.15) is 10.5 Å². The highest BCUT2D eigenvalue weighted by Gasteiger charge is 2.18. The van der Waals surface area contributed by atoms with E-state index >= 15 is 0 Å². The molecule has 0 aliphatic heterocycles. The van der Waals surface area contributed by atoms with Gasteiger partial charge in [0.15, 0.2) is 11.5 Å². The number of nitrogen functional groups attached to an aromatic ring is 1. The Hall–Kier alpha value is -2.49. The standard InChI is InChI=1S/C9H7BrN8O/c10-3-1-4(16-15-3)14-9(19)6-5-7(11)12-2-13-8(5)18-17-6/h1-2H,(H2,14,15,16,19)(H3,11,12,13,17,18). The molecule has 0 aliphatic carbocycles. The van der Waals surface area contributed by atoms with Crippen LogP contribution in [0.4, 0.5) is 11.6 Å². The monoisotopic (exact) mass is 322 g/mol. The summed E-state index contributed by atoms with van der Waals surface area (Å²) in [5.41, 5.74) is 6.24. The van der Waals surface area contributed by atoms with Crippen molar-refractivity contribution in [2.24, 2.45) is 0 Å². The number of halogens is 1. The molecule has 0 fully saturated rings. The maximum absolute atomic E-state index is 12.1. The number of rotatable bonds is 2.